The molecule has 0 aromatic rings. The van der Waals surface area contributed by atoms with Crippen LogP contribution in [-0.2, 0) is 4.79 Å². The number of unbranched alkanes of at least 4 members (excludes halogenated alkanes) is 1. The number of nitrogens with one attached hydrogen (secondary N) is 2. The normalized spacial score (nSPS) is 12.4. The molecule has 0 aliphatic rings. The Balaban J connectivity index is 4.28. The van der Waals surface area contributed by atoms with Crippen LogP contribution in [0.15, 0.2) is 4.99 Å². The lowest BCUT2D eigenvalue weighted by Crippen LogP contribution is -2.52. The minimum Gasteiger partial charge on any atom is -0.370 e. The van der Waals surface area contributed by atoms with Crippen molar-refractivity contribution in [2.75, 3.05) is 6.54 Å². The van der Waals surface area contributed by atoms with E-state index in [2.05, 4.69) is 22.7 Å². The lowest BCUT2D eigenvalue weighted by Gasteiger charge is -2.26. The van der Waals surface area contributed by atoms with Gasteiger partial charge in [0.2, 0.25) is 11.9 Å². The zero-order valence-electron chi connectivity index (χ0n) is 10.3. The van der Waals surface area contributed by atoms with Gasteiger partial charge in [0, 0.05) is 18.5 Å². The zero-order valence-corrected chi connectivity index (χ0v) is 10.3. The number of hydrogen-bond acceptors (Lipinski definition) is 3. The van der Waals surface area contributed by atoms with Crippen molar-refractivity contribution in [3.8, 4) is 0 Å². The maximum atomic E-state index is 10.8. The molecule has 1 amide bonds. The van der Waals surface area contributed by atoms with Crippen molar-refractivity contribution < 1.29 is 4.79 Å². The highest BCUT2D eigenvalue weighted by Crippen LogP contribution is 2.06. The second-order valence-corrected chi connectivity index (χ2v) is 4.38. The van der Waals surface area contributed by atoms with E-state index < -0.39 is 5.54 Å². The second-order valence-electron chi connectivity index (χ2n) is 4.38. The number of primary amides is 1. The van der Waals surface area contributed by atoms with Gasteiger partial charge in [-0.1, -0.05) is 13.3 Å². The largest absolute Gasteiger partial charge is 0.370 e. The number of hydrogen-bond donors (Lipinski definition) is 4. The minimum atomic E-state index is -0.455. The first kappa shape index (κ1) is 14.7. The minimum absolute atomic E-state index is 0.224. The molecule has 0 bridgehead atoms. The molecule has 0 aromatic heterocycles. The van der Waals surface area contributed by atoms with E-state index in [1.807, 2.05) is 13.8 Å². The number of amides is 1. The fraction of sp³-hybridized carbons (Fsp3) is 0.800. The van der Waals surface area contributed by atoms with Crippen LogP contribution in [0.4, 0.5) is 0 Å². The molecule has 94 valence electrons. The number of guanidine groups is 1. The van der Waals surface area contributed by atoms with Crippen LogP contribution in [0.1, 0.15) is 40.0 Å². The Kier molecular flexibility index (Phi) is 6.48. The predicted molar refractivity (Wildman–Crippen MR) is 65.6 cm³/mol. The number of nitrogens with zero attached hydrogens (tertiary/aromatic N) is 1. The Bertz CT molecular complexity index is 250. The van der Waals surface area contributed by atoms with Crippen molar-refractivity contribution in [3.63, 3.8) is 0 Å². The van der Waals surface area contributed by atoms with Crippen LogP contribution >= 0.6 is 0 Å². The van der Waals surface area contributed by atoms with Gasteiger partial charge in [0.05, 0.1) is 0 Å². The molecule has 0 saturated heterocycles. The van der Waals surface area contributed by atoms with Gasteiger partial charge in [0.25, 0.3) is 0 Å². The summed E-state index contributed by atoms with van der Waals surface area (Å²) >= 11 is 0. The number of hydrazine groups is 1. The average Bonchev–Trinajstić information content (AvgIpc) is 2.14. The van der Waals surface area contributed by atoms with E-state index in [1.165, 1.54) is 0 Å². The van der Waals surface area contributed by atoms with Gasteiger partial charge in [-0.3, -0.25) is 15.2 Å². The Morgan fingerprint density at radius 3 is 2.50 bits per heavy atom. The molecular weight excluding hydrogens is 206 g/mol. The molecule has 0 aliphatic carbocycles. The standard InChI is InChI=1S/C10H23N5O/c1-4-5-6-13-9(15-12)14-10(2,3)7-8(11)16/h4-7,12H2,1-3H3,(H2,11,16)(H2,13,14,15). The van der Waals surface area contributed by atoms with Gasteiger partial charge < -0.3 is 11.1 Å². The maximum absolute atomic E-state index is 10.8. The molecule has 6 nitrogen and oxygen atoms in total. The fourth-order valence-corrected chi connectivity index (χ4v) is 1.27. The molecule has 0 atom stereocenters. The first-order valence-corrected chi connectivity index (χ1v) is 5.49. The van der Waals surface area contributed by atoms with Gasteiger partial charge in [-0.25, -0.2) is 5.84 Å². The number of nitrogens with two attached hydrogens (primary N) is 2. The predicted octanol–water partition coefficient (Wildman–Crippen LogP) is -0.151. The lowest BCUT2D eigenvalue weighted by molar-refractivity contribution is -0.119. The highest BCUT2D eigenvalue weighted by Gasteiger charge is 2.21. The molecule has 0 fully saturated rings. The molecule has 0 unspecified atom stereocenters. The lowest BCUT2D eigenvalue weighted by atomic mass is 10.0. The highest BCUT2D eigenvalue weighted by atomic mass is 16.1. The zero-order chi connectivity index (χ0) is 12.6. The second kappa shape index (κ2) is 7.05. The van der Waals surface area contributed by atoms with E-state index in [9.17, 15) is 4.79 Å². The Labute approximate surface area is 96.8 Å². The van der Waals surface area contributed by atoms with E-state index in [4.69, 9.17) is 11.6 Å². The molecule has 6 N–H and O–H groups in total. The van der Waals surface area contributed by atoms with Crippen molar-refractivity contribution in [1.82, 2.24) is 10.7 Å². The third-order valence-corrected chi connectivity index (χ3v) is 1.99. The first-order chi connectivity index (χ1) is 7.41. The third-order valence-electron chi connectivity index (χ3n) is 1.99. The van der Waals surface area contributed by atoms with Crippen molar-refractivity contribution in [2.24, 2.45) is 16.6 Å². The summed E-state index contributed by atoms with van der Waals surface area (Å²) in [5.74, 6) is 5.46. The van der Waals surface area contributed by atoms with Crippen LogP contribution in [0.2, 0.25) is 0 Å². The van der Waals surface area contributed by atoms with E-state index in [0.717, 1.165) is 12.8 Å². The number of aliphatic imine (C=N–C) groups is 1. The Hall–Kier alpha value is -1.30. The monoisotopic (exact) mass is 229 g/mol. The van der Waals surface area contributed by atoms with Crippen LogP contribution in [0, 0.1) is 0 Å². The van der Waals surface area contributed by atoms with Gasteiger partial charge in [-0.2, -0.15) is 0 Å². The quantitative estimate of drug-likeness (QED) is 0.167. The maximum Gasteiger partial charge on any atom is 0.219 e. The molecule has 0 radical (unpaired) electrons. The van der Waals surface area contributed by atoms with Crippen LogP contribution in [0.3, 0.4) is 0 Å². The van der Waals surface area contributed by atoms with Gasteiger partial charge in [0.15, 0.2) is 0 Å². The highest BCUT2D eigenvalue weighted by molar-refractivity contribution is 5.81. The molecule has 0 heterocycles. The van der Waals surface area contributed by atoms with E-state index in [1.54, 1.807) is 0 Å². The molecule has 0 aliphatic heterocycles. The molecule has 0 saturated carbocycles. The van der Waals surface area contributed by atoms with Gasteiger partial charge in [-0.05, 0) is 20.3 Å². The Morgan fingerprint density at radius 2 is 2.06 bits per heavy atom. The summed E-state index contributed by atoms with van der Waals surface area (Å²) < 4.78 is 0. The van der Waals surface area contributed by atoms with Crippen molar-refractivity contribution in [3.05, 3.63) is 0 Å². The summed E-state index contributed by atoms with van der Waals surface area (Å²) in [6, 6.07) is 0. The molecule has 16 heavy (non-hydrogen) atoms. The summed E-state index contributed by atoms with van der Waals surface area (Å²) in [6.07, 6.45) is 2.30. The summed E-state index contributed by atoms with van der Waals surface area (Å²) in [5.41, 5.74) is 7.17. The molecular formula is C10H23N5O. The van der Waals surface area contributed by atoms with Crippen molar-refractivity contribution in [1.29, 1.82) is 0 Å². The summed E-state index contributed by atoms with van der Waals surface area (Å²) in [4.78, 5) is 15.1. The van der Waals surface area contributed by atoms with Gasteiger partial charge in [-0.15, -0.1) is 0 Å². The Morgan fingerprint density at radius 1 is 1.44 bits per heavy atom. The van der Waals surface area contributed by atoms with E-state index in [0.29, 0.717) is 12.5 Å². The fourth-order valence-electron chi connectivity index (χ4n) is 1.27. The van der Waals surface area contributed by atoms with Crippen LogP contribution in [0.25, 0.3) is 0 Å². The number of carbonyl (C=O) groups is 1. The molecule has 0 rings (SSSR count). The third kappa shape index (κ3) is 7.05. The first-order valence-electron chi connectivity index (χ1n) is 5.49. The SMILES string of the molecule is CCCCN=C(NN)NC(C)(C)CC(N)=O. The number of carbonyl (C=O) groups excluding carboxylic acids is 1. The topological polar surface area (TPSA) is 106 Å². The van der Waals surface area contributed by atoms with Crippen LogP contribution < -0.4 is 22.3 Å². The summed E-state index contributed by atoms with van der Waals surface area (Å²) in [5, 5.41) is 3.05. The molecule has 6 heteroatoms. The van der Waals surface area contributed by atoms with Crippen molar-refractivity contribution in [2.45, 2.75) is 45.6 Å². The summed E-state index contributed by atoms with van der Waals surface area (Å²) in [7, 11) is 0. The summed E-state index contributed by atoms with van der Waals surface area (Å²) in [6.45, 7) is 6.53. The van der Waals surface area contributed by atoms with Crippen molar-refractivity contribution >= 4 is 11.9 Å². The van der Waals surface area contributed by atoms with Gasteiger partial charge >= 0.3 is 0 Å². The smallest absolute Gasteiger partial charge is 0.219 e. The van der Waals surface area contributed by atoms with Gasteiger partial charge in [0.1, 0.15) is 0 Å². The molecule has 0 spiro atoms. The van der Waals surface area contributed by atoms with E-state index in [-0.39, 0.29) is 12.3 Å². The average molecular weight is 229 g/mol. The number of rotatable bonds is 6. The molecule has 0 aromatic carbocycles. The van der Waals surface area contributed by atoms with Crippen LogP contribution in [-0.4, -0.2) is 24.0 Å². The van der Waals surface area contributed by atoms with E-state index >= 15 is 0 Å². The van der Waals surface area contributed by atoms with Crippen LogP contribution in [0.5, 0.6) is 0 Å².